The van der Waals surface area contributed by atoms with Crippen molar-refractivity contribution in [2.24, 2.45) is 11.8 Å². The zero-order valence-electron chi connectivity index (χ0n) is 13.3. The fourth-order valence-electron chi connectivity index (χ4n) is 3.01. The molecule has 1 N–H and O–H groups in total. The van der Waals surface area contributed by atoms with E-state index in [4.69, 9.17) is 0 Å². The molecule has 0 aromatic carbocycles. The highest BCUT2D eigenvalue weighted by atomic mass is 16.4. The average molecular weight is 284 g/mol. The summed E-state index contributed by atoms with van der Waals surface area (Å²) in [7, 11) is 1.77. The van der Waals surface area contributed by atoms with Gasteiger partial charge in [0.1, 0.15) is 6.04 Å². The largest absolute Gasteiger partial charge is 0.480 e. The molecular weight excluding hydrogens is 256 g/mol. The van der Waals surface area contributed by atoms with Gasteiger partial charge in [0.05, 0.1) is 0 Å². The summed E-state index contributed by atoms with van der Waals surface area (Å²) in [5.74, 6) is -0.370. The van der Waals surface area contributed by atoms with Crippen molar-refractivity contribution in [2.75, 3.05) is 13.6 Å². The molecule has 20 heavy (non-hydrogen) atoms. The molecule has 1 heterocycles. The van der Waals surface area contributed by atoms with Crippen LogP contribution in [0.1, 0.15) is 47.0 Å². The first-order valence-corrected chi connectivity index (χ1v) is 7.52. The van der Waals surface area contributed by atoms with Crippen LogP contribution in [-0.4, -0.2) is 52.6 Å². The molecule has 3 atom stereocenters. The van der Waals surface area contributed by atoms with Gasteiger partial charge < -0.3 is 14.9 Å². The summed E-state index contributed by atoms with van der Waals surface area (Å²) in [6, 6.07) is -0.726. The lowest BCUT2D eigenvalue weighted by Gasteiger charge is -2.40. The highest BCUT2D eigenvalue weighted by molar-refractivity contribution is 5.83. The standard InChI is InChI=1S/C15H28N2O3/c1-10(2)9-12(4)16(5)15(20)17-8-6-7-11(3)13(17)14(18)19/h10-13H,6-9H2,1-5H3,(H,18,19). The van der Waals surface area contributed by atoms with E-state index in [0.717, 1.165) is 19.3 Å². The Kier molecular flexibility index (Phi) is 5.84. The van der Waals surface area contributed by atoms with Crippen molar-refractivity contribution in [1.82, 2.24) is 9.80 Å². The van der Waals surface area contributed by atoms with Crippen molar-refractivity contribution in [3.05, 3.63) is 0 Å². The van der Waals surface area contributed by atoms with Gasteiger partial charge in [0.15, 0.2) is 0 Å². The molecule has 116 valence electrons. The van der Waals surface area contributed by atoms with Gasteiger partial charge >= 0.3 is 12.0 Å². The summed E-state index contributed by atoms with van der Waals surface area (Å²) in [6.07, 6.45) is 2.67. The smallest absolute Gasteiger partial charge is 0.326 e. The van der Waals surface area contributed by atoms with Crippen molar-refractivity contribution < 1.29 is 14.7 Å². The highest BCUT2D eigenvalue weighted by Gasteiger charge is 2.38. The molecule has 0 saturated carbocycles. The van der Waals surface area contributed by atoms with Gasteiger partial charge in [-0.2, -0.15) is 0 Å². The average Bonchev–Trinajstić information content (AvgIpc) is 2.35. The normalized spacial score (nSPS) is 24.6. The van der Waals surface area contributed by atoms with Crippen LogP contribution in [-0.2, 0) is 4.79 Å². The Morgan fingerprint density at radius 1 is 1.35 bits per heavy atom. The number of urea groups is 1. The minimum atomic E-state index is -0.893. The van der Waals surface area contributed by atoms with Crippen LogP contribution in [0, 0.1) is 11.8 Å². The third kappa shape index (κ3) is 3.87. The van der Waals surface area contributed by atoms with Crippen LogP contribution in [0.5, 0.6) is 0 Å². The lowest BCUT2D eigenvalue weighted by atomic mass is 9.91. The van der Waals surface area contributed by atoms with E-state index < -0.39 is 12.0 Å². The number of carbonyl (C=O) groups is 2. The summed E-state index contributed by atoms with van der Waals surface area (Å²) in [5.41, 5.74) is 0. The number of hydrogen-bond acceptors (Lipinski definition) is 2. The number of likely N-dealkylation sites (tertiary alicyclic amines) is 1. The zero-order valence-corrected chi connectivity index (χ0v) is 13.3. The van der Waals surface area contributed by atoms with Crippen molar-refractivity contribution in [1.29, 1.82) is 0 Å². The number of piperidine rings is 1. The first-order chi connectivity index (χ1) is 9.25. The second-order valence-corrected chi connectivity index (χ2v) is 6.47. The number of amides is 2. The minimum absolute atomic E-state index is 0.0130. The fraction of sp³-hybridized carbons (Fsp3) is 0.867. The van der Waals surface area contributed by atoms with Crippen LogP contribution < -0.4 is 0 Å². The summed E-state index contributed by atoms with van der Waals surface area (Å²) < 4.78 is 0. The maximum absolute atomic E-state index is 12.6. The maximum Gasteiger partial charge on any atom is 0.326 e. The fourth-order valence-corrected chi connectivity index (χ4v) is 3.01. The lowest BCUT2D eigenvalue weighted by Crippen LogP contribution is -2.56. The molecule has 1 rings (SSSR count). The molecule has 2 amide bonds. The summed E-state index contributed by atoms with van der Waals surface area (Å²) in [4.78, 5) is 27.2. The van der Waals surface area contributed by atoms with Crippen LogP contribution in [0.4, 0.5) is 4.79 Å². The Bertz CT molecular complexity index is 357. The monoisotopic (exact) mass is 284 g/mol. The molecule has 3 unspecified atom stereocenters. The van der Waals surface area contributed by atoms with E-state index >= 15 is 0 Å². The van der Waals surface area contributed by atoms with Gasteiger partial charge in [-0.15, -0.1) is 0 Å². The van der Waals surface area contributed by atoms with Gasteiger partial charge in [0.2, 0.25) is 0 Å². The van der Waals surface area contributed by atoms with Crippen molar-refractivity contribution in [2.45, 2.75) is 59.0 Å². The predicted molar refractivity (Wildman–Crippen MR) is 78.6 cm³/mol. The van der Waals surface area contributed by atoms with Gasteiger partial charge in [-0.25, -0.2) is 9.59 Å². The molecule has 0 spiro atoms. The topological polar surface area (TPSA) is 60.9 Å². The Hall–Kier alpha value is -1.26. The first kappa shape index (κ1) is 16.8. The second-order valence-electron chi connectivity index (χ2n) is 6.47. The second kappa shape index (κ2) is 6.95. The third-order valence-electron chi connectivity index (χ3n) is 4.21. The van der Waals surface area contributed by atoms with Crippen molar-refractivity contribution in [3.63, 3.8) is 0 Å². The quantitative estimate of drug-likeness (QED) is 0.863. The molecule has 5 nitrogen and oxygen atoms in total. The number of nitrogens with zero attached hydrogens (tertiary/aromatic N) is 2. The van der Waals surface area contributed by atoms with E-state index in [2.05, 4.69) is 13.8 Å². The summed E-state index contributed by atoms with van der Waals surface area (Å²) in [6.45, 7) is 8.71. The Morgan fingerprint density at radius 2 is 1.95 bits per heavy atom. The molecular formula is C15H28N2O3. The number of carboxylic acids is 1. The Balaban J connectivity index is 2.80. The van der Waals surface area contributed by atoms with E-state index in [1.165, 1.54) is 4.90 Å². The SMILES string of the molecule is CC(C)CC(C)N(C)C(=O)N1CCCC(C)C1C(=O)O. The van der Waals surface area contributed by atoms with E-state index in [0.29, 0.717) is 12.5 Å². The van der Waals surface area contributed by atoms with Crippen molar-refractivity contribution >= 4 is 12.0 Å². The van der Waals surface area contributed by atoms with Crippen LogP contribution in [0.15, 0.2) is 0 Å². The zero-order chi connectivity index (χ0) is 15.4. The number of rotatable bonds is 4. The molecule has 0 aliphatic carbocycles. The summed E-state index contributed by atoms with van der Waals surface area (Å²) >= 11 is 0. The van der Waals surface area contributed by atoms with Gasteiger partial charge in [-0.3, -0.25) is 0 Å². The number of carbonyl (C=O) groups excluding carboxylic acids is 1. The molecule has 5 heteroatoms. The Labute approximate surface area is 121 Å². The molecule has 1 aliphatic heterocycles. The Morgan fingerprint density at radius 3 is 2.45 bits per heavy atom. The van der Waals surface area contributed by atoms with Crippen molar-refractivity contribution in [3.8, 4) is 0 Å². The van der Waals surface area contributed by atoms with E-state index in [1.54, 1.807) is 11.9 Å². The molecule has 1 aliphatic rings. The molecule has 0 radical (unpaired) electrons. The van der Waals surface area contributed by atoms with Gasteiger partial charge in [-0.1, -0.05) is 20.8 Å². The first-order valence-electron chi connectivity index (χ1n) is 7.52. The van der Waals surface area contributed by atoms with E-state index in [-0.39, 0.29) is 18.0 Å². The minimum Gasteiger partial charge on any atom is -0.480 e. The van der Waals surface area contributed by atoms with E-state index in [1.807, 2.05) is 13.8 Å². The van der Waals surface area contributed by atoms with E-state index in [9.17, 15) is 14.7 Å². The predicted octanol–water partition coefficient (Wildman–Crippen LogP) is 2.66. The maximum atomic E-state index is 12.6. The number of hydrogen-bond donors (Lipinski definition) is 1. The third-order valence-corrected chi connectivity index (χ3v) is 4.21. The number of carboxylic acid groups (broad SMARTS) is 1. The van der Waals surface area contributed by atoms with Crippen LogP contribution >= 0.6 is 0 Å². The van der Waals surface area contributed by atoms with Gasteiger partial charge in [-0.05, 0) is 38.0 Å². The number of aliphatic carboxylic acids is 1. The molecule has 1 fully saturated rings. The van der Waals surface area contributed by atoms with Crippen LogP contribution in [0.25, 0.3) is 0 Å². The summed E-state index contributed by atoms with van der Waals surface area (Å²) in [5, 5.41) is 9.38. The van der Waals surface area contributed by atoms with Gasteiger partial charge in [0.25, 0.3) is 0 Å². The highest BCUT2D eigenvalue weighted by Crippen LogP contribution is 2.25. The molecule has 0 aromatic heterocycles. The van der Waals surface area contributed by atoms with Crippen LogP contribution in [0.2, 0.25) is 0 Å². The molecule has 0 bridgehead atoms. The molecule has 0 aromatic rings. The van der Waals surface area contributed by atoms with Gasteiger partial charge in [0, 0.05) is 19.6 Å². The van der Waals surface area contributed by atoms with Crippen LogP contribution in [0.3, 0.4) is 0 Å². The lowest BCUT2D eigenvalue weighted by molar-refractivity contribution is -0.145. The molecule has 1 saturated heterocycles.